The lowest BCUT2D eigenvalue weighted by molar-refractivity contribution is -0.121. The molecule has 0 aromatic carbocycles. The summed E-state index contributed by atoms with van der Waals surface area (Å²) in [5.41, 5.74) is 5.61. The number of carbonyl (C=O) groups excluding carboxylic acids is 1. The van der Waals surface area contributed by atoms with Gasteiger partial charge in [-0.05, 0) is 12.8 Å². The third-order valence-corrected chi connectivity index (χ3v) is 1.79. The van der Waals surface area contributed by atoms with Crippen LogP contribution >= 0.6 is 0 Å². The first-order chi connectivity index (χ1) is 6.20. The second kappa shape index (κ2) is 7.63. The van der Waals surface area contributed by atoms with Crippen molar-refractivity contribution in [2.75, 3.05) is 6.54 Å². The Bertz CT molecular complexity index is 184. The Kier molecular flexibility index (Phi) is 7.04. The second-order valence-electron chi connectivity index (χ2n) is 3.03. The van der Waals surface area contributed by atoms with Crippen LogP contribution in [0.5, 0.6) is 0 Å². The van der Waals surface area contributed by atoms with Gasteiger partial charge in [0, 0.05) is 25.4 Å². The summed E-state index contributed by atoms with van der Waals surface area (Å²) in [5.74, 6) is 2.54. The molecule has 3 nitrogen and oxygen atoms in total. The lowest BCUT2D eigenvalue weighted by Gasteiger charge is -2.08. The molecule has 0 rings (SSSR count). The average molecular weight is 182 g/mol. The molecule has 0 fully saturated rings. The molecule has 0 aromatic heterocycles. The maximum atomic E-state index is 11.1. The normalized spacial score (nSPS) is 11.8. The van der Waals surface area contributed by atoms with Crippen molar-refractivity contribution in [2.45, 2.75) is 38.6 Å². The lowest BCUT2D eigenvalue weighted by atomic mass is 10.1. The van der Waals surface area contributed by atoms with Gasteiger partial charge >= 0.3 is 0 Å². The molecule has 13 heavy (non-hydrogen) atoms. The summed E-state index contributed by atoms with van der Waals surface area (Å²) < 4.78 is 0. The van der Waals surface area contributed by atoms with Crippen LogP contribution in [0.2, 0.25) is 0 Å². The molecule has 0 heterocycles. The molecule has 1 amide bonds. The SMILES string of the molecule is C#CCCCNC(=O)CC(N)CC. The van der Waals surface area contributed by atoms with Crippen LogP contribution in [-0.4, -0.2) is 18.5 Å². The predicted octanol–water partition coefficient (Wildman–Crippen LogP) is 0.643. The summed E-state index contributed by atoms with van der Waals surface area (Å²) >= 11 is 0. The number of hydrogen-bond acceptors (Lipinski definition) is 2. The molecule has 74 valence electrons. The molecular weight excluding hydrogens is 164 g/mol. The van der Waals surface area contributed by atoms with Crippen LogP contribution in [0.15, 0.2) is 0 Å². The van der Waals surface area contributed by atoms with Crippen LogP contribution in [0, 0.1) is 12.3 Å². The standard InChI is InChI=1S/C10H18N2O/c1-3-5-6-7-12-10(13)8-9(11)4-2/h1,9H,4-8,11H2,2H3,(H,12,13). The van der Waals surface area contributed by atoms with Crippen LogP contribution in [0.3, 0.4) is 0 Å². The Morgan fingerprint density at radius 2 is 2.38 bits per heavy atom. The zero-order chi connectivity index (χ0) is 10.1. The van der Waals surface area contributed by atoms with Crippen molar-refractivity contribution >= 4 is 5.91 Å². The summed E-state index contributed by atoms with van der Waals surface area (Å²) in [7, 11) is 0. The highest BCUT2D eigenvalue weighted by Gasteiger charge is 2.05. The number of nitrogens with one attached hydrogen (secondary N) is 1. The van der Waals surface area contributed by atoms with E-state index in [-0.39, 0.29) is 11.9 Å². The summed E-state index contributed by atoms with van der Waals surface area (Å²) in [4.78, 5) is 11.1. The van der Waals surface area contributed by atoms with Crippen molar-refractivity contribution < 1.29 is 4.79 Å². The number of nitrogens with two attached hydrogens (primary N) is 1. The van der Waals surface area contributed by atoms with Gasteiger partial charge in [0.05, 0.1) is 0 Å². The molecule has 0 saturated carbocycles. The van der Waals surface area contributed by atoms with Crippen molar-refractivity contribution in [2.24, 2.45) is 5.73 Å². The molecule has 0 aromatic rings. The molecule has 3 N–H and O–H groups in total. The van der Waals surface area contributed by atoms with Gasteiger partial charge in [-0.15, -0.1) is 12.3 Å². The molecule has 0 spiro atoms. The lowest BCUT2D eigenvalue weighted by Crippen LogP contribution is -2.31. The smallest absolute Gasteiger partial charge is 0.221 e. The van der Waals surface area contributed by atoms with E-state index in [2.05, 4.69) is 11.2 Å². The Morgan fingerprint density at radius 1 is 1.69 bits per heavy atom. The molecule has 3 heteroatoms. The van der Waals surface area contributed by atoms with Gasteiger partial charge in [0.25, 0.3) is 0 Å². The van der Waals surface area contributed by atoms with E-state index in [0.29, 0.717) is 19.4 Å². The van der Waals surface area contributed by atoms with Gasteiger partial charge in [-0.1, -0.05) is 6.92 Å². The highest BCUT2D eigenvalue weighted by atomic mass is 16.1. The first-order valence-corrected chi connectivity index (χ1v) is 4.66. The van der Waals surface area contributed by atoms with Gasteiger partial charge in [-0.25, -0.2) is 0 Å². The van der Waals surface area contributed by atoms with Crippen LogP contribution in [0.4, 0.5) is 0 Å². The third kappa shape index (κ3) is 7.35. The fourth-order valence-electron chi connectivity index (χ4n) is 0.873. The summed E-state index contributed by atoms with van der Waals surface area (Å²) in [6.45, 7) is 2.62. The van der Waals surface area contributed by atoms with Crippen molar-refractivity contribution in [1.82, 2.24) is 5.32 Å². The third-order valence-electron chi connectivity index (χ3n) is 1.79. The van der Waals surface area contributed by atoms with Crippen LogP contribution in [-0.2, 0) is 4.79 Å². The Labute approximate surface area is 80.1 Å². The maximum Gasteiger partial charge on any atom is 0.221 e. The summed E-state index contributed by atoms with van der Waals surface area (Å²) in [6.07, 6.45) is 7.85. The van der Waals surface area contributed by atoms with Crippen LogP contribution < -0.4 is 11.1 Å². The first-order valence-electron chi connectivity index (χ1n) is 4.66. The highest BCUT2D eigenvalue weighted by molar-refractivity contribution is 5.76. The largest absolute Gasteiger partial charge is 0.356 e. The molecule has 0 saturated heterocycles. The Hall–Kier alpha value is -1.01. The van der Waals surface area contributed by atoms with Crippen LogP contribution in [0.1, 0.15) is 32.6 Å². The quantitative estimate of drug-likeness (QED) is 0.468. The predicted molar refractivity (Wildman–Crippen MR) is 54.0 cm³/mol. The van der Waals surface area contributed by atoms with E-state index in [0.717, 1.165) is 12.8 Å². The molecule has 1 atom stereocenters. The number of terminal acetylenes is 1. The fraction of sp³-hybridized carbons (Fsp3) is 0.700. The van der Waals surface area contributed by atoms with Crippen molar-refractivity contribution in [1.29, 1.82) is 0 Å². The van der Waals surface area contributed by atoms with E-state index in [4.69, 9.17) is 12.2 Å². The monoisotopic (exact) mass is 182 g/mol. The first kappa shape index (κ1) is 12.0. The van der Waals surface area contributed by atoms with Crippen molar-refractivity contribution in [3.05, 3.63) is 0 Å². The van der Waals surface area contributed by atoms with Gasteiger partial charge in [0.1, 0.15) is 0 Å². The minimum absolute atomic E-state index is 0.0198. The molecule has 0 aliphatic rings. The van der Waals surface area contributed by atoms with E-state index in [1.165, 1.54) is 0 Å². The van der Waals surface area contributed by atoms with Crippen molar-refractivity contribution in [3.63, 3.8) is 0 Å². The number of carbonyl (C=O) groups is 1. The van der Waals surface area contributed by atoms with Gasteiger partial charge < -0.3 is 11.1 Å². The second-order valence-corrected chi connectivity index (χ2v) is 3.03. The fourth-order valence-corrected chi connectivity index (χ4v) is 0.873. The topological polar surface area (TPSA) is 55.1 Å². The minimum Gasteiger partial charge on any atom is -0.356 e. The summed E-state index contributed by atoms with van der Waals surface area (Å²) in [6, 6.07) is -0.0207. The molecular formula is C10H18N2O. The van der Waals surface area contributed by atoms with Gasteiger partial charge in [0.15, 0.2) is 0 Å². The average Bonchev–Trinajstić information content (AvgIpc) is 2.12. The number of rotatable bonds is 6. The van der Waals surface area contributed by atoms with Crippen LogP contribution in [0.25, 0.3) is 0 Å². The van der Waals surface area contributed by atoms with E-state index < -0.39 is 0 Å². The Balaban J connectivity index is 3.36. The molecule has 0 bridgehead atoms. The van der Waals surface area contributed by atoms with Gasteiger partial charge in [-0.2, -0.15) is 0 Å². The molecule has 0 aliphatic carbocycles. The zero-order valence-electron chi connectivity index (χ0n) is 8.18. The van der Waals surface area contributed by atoms with E-state index in [1.807, 2.05) is 6.92 Å². The number of unbranched alkanes of at least 4 members (excludes halogenated alkanes) is 1. The van der Waals surface area contributed by atoms with Crippen molar-refractivity contribution in [3.8, 4) is 12.3 Å². The molecule has 1 unspecified atom stereocenters. The number of amides is 1. The Morgan fingerprint density at radius 3 is 2.92 bits per heavy atom. The van der Waals surface area contributed by atoms with E-state index in [9.17, 15) is 4.79 Å². The molecule has 0 aliphatic heterocycles. The minimum atomic E-state index is -0.0207. The number of hydrogen-bond donors (Lipinski definition) is 2. The van der Waals surface area contributed by atoms with Gasteiger partial charge in [-0.3, -0.25) is 4.79 Å². The van der Waals surface area contributed by atoms with Gasteiger partial charge in [0.2, 0.25) is 5.91 Å². The van der Waals surface area contributed by atoms with E-state index >= 15 is 0 Å². The zero-order valence-corrected chi connectivity index (χ0v) is 8.18. The highest BCUT2D eigenvalue weighted by Crippen LogP contribution is 1.93. The molecule has 0 radical (unpaired) electrons. The maximum absolute atomic E-state index is 11.1. The van der Waals surface area contributed by atoms with E-state index in [1.54, 1.807) is 0 Å². The summed E-state index contributed by atoms with van der Waals surface area (Å²) in [5, 5.41) is 2.77.